The van der Waals surface area contributed by atoms with Gasteiger partial charge in [-0.1, -0.05) is 17.3 Å². The van der Waals surface area contributed by atoms with Crippen LogP contribution in [0.1, 0.15) is 36.3 Å². The van der Waals surface area contributed by atoms with Crippen LogP contribution in [-0.2, 0) is 22.3 Å². The Balaban J connectivity index is 1.46. The SMILES string of the molecule is Cc1cc(CNS(=O)(=O)Cc2noc3ccccc23)nc(N2CCCCC2)n1. The molecule has 1 fully saturated rings. The van der Waals surface area contributed by atoms with Gasteiger partial charge in [0.2, 0.25) is 16.0 Å². The molecule has 28 heavy (non-hydrogen) atoms. The van der Waals surface area contributed by atoms with Gasteiger partial charge in [-0.2, -0.15) is 0 Å². The standard InChI is InChI=1S/C19H23N5O3S/c1-14-11-15(22-19(21-14)24-9-5-2-6-10-24)12-20-28(25,26)13-17-16-7-3-4-8-18(16)27-23-17/h3-4,7-8,11,20H,2,5-6,9-10,12-13H2,1H3. The predicted molar refractivity (Wildman–Crippen MR) is 106 cm³/mol. The van der Waals surface area contributed by atoms with Gasteiger partial charge in [0, 0.05) is 24.2 Å². The number of piperidine rings is 1. The fourth-order valence-electron chi connectivity index (χ4n) is 3.40. The Bertz CT molecular complexity index is 1070. The van der Waals surface area contributed by atoms with E-state index in [-0.39, 0.29) is 12.3 Å². The molecule has 4 rings (SSSR count). The Morgan fingerprint density at radius 1 is 1.14 bits per heavy atom. The normalized spacial score (nSPS) is 15.2. The highest BCUT2D eigenvalue weighted by Gasteiger charge is 2.19. The molecule has 0 atom stereocenters. The summed E-state index contributed by atoms with van der Waals surface area (Å²) in [6.07, 6.45) is 3.49. The number of benzene rings is 1. The molecule has 8 nitrogen and oxygen atoms in total. The molecule has 1 saturated heterocycles. The fraction of sp³-hybridized carbons (Fsp3) is 0.421. The lowest BCUT2D eigenvalue weighted by molar-refractivity contribution is 0.448. The van der Waals surface area contributed by atoms with Gasteiger partial charge >= 0.3 is 0 Å². The number of nitrogens with zero attached hydrogens (tertiary/aromatic N) is 4. The van der Waals surface area contributed by atoms with E-state index in [4.69, 9.17) is 4.52 Å². The number of rotatable bonds is 6. The highest BCUT2D eigenvalue weighted by Crippen LogP contribution is 2.20. The van der Waals surface area contributed by atoms with Gasteiger partial charge in [0.05, 0.1) is 12.2 Å². The van der Waals surface area contributed by atoms with Crippen molar-refractivity contribution in [3.63, 3.8) is 0 Å². The van der Waals surface area contributed by atoms with E-state index in [1.807, 2.05) is 25.1 Å². The fourth-order valence-corrected chi connectivity index (χ4v) is 4.44. The van der Waals surface area contributed by atoms with Crippen molar-refractivity contribution in [3.05, 3.63) is 47.4 Å². The number of sulfonamides is 1. The van der Waals surface area contributed by atoms with Gasteiger partial charge < -0.3 is 9.42 Å². The molecule has 3 aromatic rings. The Morgan fingerprint density at radius 3 is 2.75 bits per heavy atom. The summed E-state index contributed by atoms with van der Waals surface area (Å²) in [6, 6.07) is 9.02. The van der Waals surface area contributed by atoms with Crippen LogP contribution in [0.2, 0.25) is 0 Å². The first-order valence-corrected chi connectivity index (χ1v) is 11.1. The second kappa shape index (κ2) is 7.84. The molecular formula is C19H23N5O3S. The molecule has 0 bridgehead atoms. The lowest BCUT2D eigenvalue weighted by Gasteiger charge is -2.27. The Morgan fingerprint density at radius 2 is 1.93 bits per heavy atom. The first kappa shape index (κ1) is 18.8. The number of aromatic nitrogens is 3. The predicted octanol–water partition coefficient (Wildman–Crippen LogP) is 2.54. The van der Waals surface area contributed by atoms with Crippen molar-refractivity contribution in [1.29, 1.82) is 0 Å². The molecule has 2 aromatic heterocycles. The third-order valence-corrected chi connectivity index (χ3v) is 6.02. The number of anilines is 1. The highest BCUT2D eigenvalue weighted by molar-refractivity contribution is 7.88. The zero-order valence-corrected chi connectivity index (χ0v) is 16.6. The average Bonchev–Trinajstić information content (AvgIpc) is 3.09. The number of hydrogen-bond acceptors (Lipinski definition) is 7. The van der Waals surface area contributed by atoms with Gasteiger partial charge in [-0.25, -0.2) is 23.1 Å². The van der Waals surface area contributed by atoms with E-state index in [0.717, 1.165) is 31.6 Å². The maximum absolute atomic E-state index is 12.5. The minimum atomic E-state index is -3.59. The number of aryl methyl sites for hydroxylation is 1. The molecule has 1 aromatic carbocycles. The third-order valence-electron chi connectivity index (χ3n) is 4.79. The van der Waals surface area contributed by atoms with Crippen LogP contribution < -0.4 is 9.62 Å². The molecule has 1 aliphatic heterocycles. The van der Waals surface area contributed by atoms with Crippen molar-refractivity contribution in [2.75, 3.05) is 18.0 Å². The van der Waals surface area contributed by atoms with Crippen LogP contribution >= 0.6 is 0 Å². The van der Waals surface area contributed by atoms with Gasteiger partial charge in [0.15, 0.2) is 5.58 Å². The molecule has 3 heterocycles. The Labute approximate surface area is 164 Å². The molecule has 0 aliphatic carbocycles. The van der Waals surface area contributed by atoms with E-state index < -0.39 is 10.0 Å². The van der Waals surface area contributed by atoms with Crippen LogP contribution in [0.15, 0.2) is 34.9 Å². The zero-order chi connectivity index (χ0) is 19.6. The van der Waals surface area contributed by atoms with Crippen LogP contribution in [0.4, 0.5) is 5.95 Å². The van der Waals surface area contributed by atoms with E-state index in [9.17, 15) is 8.42 Å². The van der Waals surface area contributed by atoms with Gasteiger partial charge in [0.25, 0.3) is 0 Å². The molecule has 9 heteroatoms. The smallest absolute Gasteiger partial charge is 0.225 e. The lowest BCUT2D eigenvalue weighted by Crippen LogP contribution is -2.32. The molecule has 0 unspecified atom stereocenters. The van der Waals surface area contributed by atoms with E-state index in [2.05, 4.69) is 24.7 Å². The molecule has 148 valence electrons. The van der Waals surface area contributed by atoms with E-state index in [0.29, 0.717) is 28.3 Å². The average molecular weight is 401 g/mol. The molecule has 1 aliphatic rings. The van der Waals surface area contributed by atoms with Gasteiger partial charge in [0.1, 0.15) is 11.4 Å². The van der Waals surface area contributed by atoms with Crippen LogP contribution in [0.25, 0.3) is 11.0 Å². The highest BCUT2D eigenvalue weighted by atomic mass is 32.2. The zero-order valence-electron chi connectivity index (χ0n) is 15.8. The Hall–Kier alpha value is -2.52. The summed E-state index contributed by atoms with van der Waals surface area (Å²) in [5.74, 6) is 0.434. The number of hydrogen-bond donors (Lipinski definition) is 1. The molecule has 1 N–H and O–H groups in total. The van der Waals surface area contributed by atoms with Crippen LogP contribution in [0.5, 0.6) is 0 Å². The van der Waals surface area contributed by atoms with Crippen molar-refractivity contribution in [3.8, 4) is 0 Å². The summed E-state index contributed by atoms with van der Waals surface area (Å²) in [5.41, 5.74) is 2.45. The van der Waals surface area contributed by atoms with Crippen molar-refractivity contribution >= 4 is 26.9 Å². The van der Waals surface area contributed by atoms with Crippen molar-refractivity contribution in [2.45, 2.75) is 38.5 Å². The number of nitrogens with one attached hydrogen (secondary N) is 1. The first-order valence-electron chi connectivity index (χ1n) is 9.40. The maximum atomic E-state index is 12.5. The molecule has 0 radical (unpaired) electrons. The molecule has 0 saturated carbocycles. The quantitative estimate of drug-likeness (QED) is 0.677. The van der Waals surface area contributed by atoms with Crippen molar-refractivity contribution in [1.82, 2.24) is 19.8 Å². The van der Waals surface area contributed by atoms with Crippen molar-refractivity contribution < 1.29 is 12.9 Å². The van der Waals surface area contributed by atoms with Gasteiger partial charge in [-0.15, -0.1) is 0 Å². The minimum Gasteiger partial charge on any atom is -0.356 e. The van der Waals surface area contributed by atoms with Gasteiger partial charge in [-0.05, 0) is 44.4 Å². The number of fused-ring (bicyclic) bond motifs is 1. The minimum absolute atomic E-state index is 0.113. The monoisotopic (exact) mass is 401 g/mol. The molecule has 0 amide bonds. The maximum Gasteiger partial charge on any atom is 0.225 e. The second-order valence-corrected chi connectivity index (χ2v) is 8.86. The van der Waals surface area contributed by atoms with E-state index >= 15 is 0 Å². The van der Waals surface area contributed by atoms with Crippen molar-refractivity contribution in [2.24, 2.45) is 0 Å². The summed E-state index contributed by atoms with van der Waals surface area (Å²) in [4.78, 5) is 11.2. The Kier molecular flexibility index (Phi) is 5.27. The summed E-state index contributed by atoms with van der Waals surface area (Å²) in [7, 11) is -3.59. The summed E-state index contributed by atoms with van der Waals surface area (Å²) in [5, 5.41) is 4.61. The number of para-hydroxylation sites is 1. The summed E-state index contributed by atoms with van der Waals surface area (Å²) >= 11 is 0. The summed E-state index contributed by atoms with van der Waals surface area (Å²) < 4.78 is 32.9. The largest absolute Gasteiger partial charge is 0.356 e. The first-order chi connectivity index (χ1) is 13.5. The van der Waals surface area contributed by atoms with E-state index in [1.165, 1.54) is 6.42 Å². The van der Waals surface area contributed by atoms with E-state index in [1.54, 1.807) is 12.1 Å². The van der Waals surface area contributed by atoms with Gasteiger partial charge in [-0.3, -0.25) is 0 Å². The summed E-state index contributed by atoms with van der Waals surface area (Å²) in [6.45, 7) is 3.89. The topological polar surface area (TPSA) is 101 Å². The molecular weight excluding hydrogens is 378 g/mol. The lowest BCUT2D eigenvalue weighted by atomic mass is 10.1. The third kappa shape index (κ3) is 4.31. The van der Waals surface area contributed by atoms with Crippen LogP contribution in [0, 0.1) is 6.92 Å². The van der Waals surface area contributed by atoms with Crippen LogP contribution in [-0.4, -0.2) is 36.6 Å². The second-order valence-electron chi connectivity index (χ2n) is 7.05. The molecule has 0 spiro atoms. The van der Waals surface area contributed by atoms with Crippen LogP contribution in [0.3, 0.4) is 0 Å².